The van der Waals surface area contributed by atoms with Gasteiger partial charge in [-0.05, 0) is 42.3 Å². The SMILES string of the molecule is COC(=O)c1ccc(CN(C)c2cccc(C)c2)cc1F. The maximum atomic E-state index is 13.9. The molecule has 3 nitrogen and oxygen atoms in total. The Morgan fingerprint density at radius 3 is 2.62 bits per heavy atom. The second-order valence-corrected chi connectivity index (χ2v) is 5.00. The van der Waals surface area contributed by atoms with Crippen molar-refractivity contribution in [3.8, 4) is 0 Å². The molecular formula is C17H18FNO2. The molecule has 0 heterocycles. The molecule has 0 amide bonds. The zero-order valence-corrected chi connectivity index (χ0v) is 12.4. The molecule has 0 fully saturated rings. The number of esters is 1. The average molecular weight is 287 g/mol. The van der Waals surface area contributed by atoms with E-state index in [-0.39, 0.29) is 5.56 Å². The molecular weight excluding hydrogens is 269 g/mol. The first-order chi connectivity index (χ1) is 10.0. The van der Waals surface area contributed by atoms with E-state index in [1.165, 1.54) is 24.8 Å². The second kappa shape index (κ2) is 6.39. The van der Waals surface area contributed by atoms with Gasteiger partial charge < -0.3 is 9.64 Å². The van der Waals surface area contributed by atoms with E-state index in [0.717, 1.165) is 11.3 Å². The Morgan fingerprint density at radius 2 is 2.00 bits per heavy atom. The zero-order valence-electron chi connectivity index (χ0n) is 12.4. The summed E-state index contributed by atoms with van der Waals surface area (Å²) in [7, 11) is 3.18. The Bertz CT molecular complexity index is 655. The molecule has 110 valence electrons. The summed E-state index contributed by atoms with van der Waals surface area (Å²) in [4.78, 5) is 13.4. The third-order valence-electron chi connectivity index (χ3n) is 3.30. The van der Waals surface area contributed by atoms with E-state index in [9.17, 15) is 9.18 Å². The summed E-state index contributed by atoms with van der Waals surface area (Å²) in [6, 6.07) is 12.7. The topological polar surface area (TPSA) is 29.5 Å². The van der Waals surface area contributed by atoms with E-state index in [4.69, 9.17) is 0 Å². The smallest absolute Gasteiger partial charge is 0.340 e. The molecule has 2 rings (SSSR count). The van der Waals surface area contributed by atoms with Gasteiger partial charge in [0.05, 0.1) is 12.7 Å². The van der Waals surface area contributed by atoms with Crippen molar-refractivity contribution in [1.29, 1.82) is 0 Å². The summed E-state index contributed by atoms with van der Waals surface area (Å²) in [5.74, 6) is -1.22. The highest BCUT2D eigenvalue weighted by molar-refractivity contribution is 5.89. The highest BCUT2D eigenvalue weighted by Crippen LogP contribution is 2.18. The van der Waals surface area contributed by atoms with Crippen LogP contribution in [0.25, 0.3) is 0 Å². The van der Waals surface area contributed by atoms with E-state index < -0.39 is 11.8 Å². The van der Waals surface area contributed by atoms with Crippen LogP contribution in [0.1, 0.15) is 21.5 Å². The highest BCUT2D eigenvalue weighted by atomic mass is 19.1. The summed E-state index contributed by atoms with van der Waals surface area (Å²) in [5, 5.41) is 0. The van der Waals surface area contributed by atoms with Gasteiger partial charge in [0.2, 0.25) is 0 Å². The van der Waals surface area contributed by atoms with Gasteiger partial charge in [-0.25, -0.2) is 9.18 Å². The molecule has 0 aromatic heterocycles. The molecule has 0 aliphatic rings. The van der Waals surface area contributed by atoms with Crippen molar-refractivity contribution in [1.82, 2.24) is 0 Å². The largest absolute Gasteiger partial charge is 0.465 e. The number of hydrogen-bond acceptors (Lipinski definition) is 3. The van der Waals surface area contributed by atoms with Crippen molar-refractivity contribution in [3.63, 3.8) is 0 Å². The van der Waals surface area contributed by atoms with E-state index in [2.05, 4.69) is 10.8 Å². The number of halogens is 1. The fourth-order valence-corrected chi connectivity index (χ4v) is 2.16. The Kier molecular flexibility index (Phi) is 4.58. The molecule has 0 saturated carbocycles. The number of ether oxygens (including phenoxy) is 1. The number of anilines is 1. The number of aryl methyl sites for hydroxylation is 1. The average Bonchev–Trinajstić information content (AvgIpc) is 2.46. The van der Waals surface area contributed by atoms with E-state index in [0.29, 0.717) is 6.54 Å². The van der Waals surface area contributed by atoms with Gasteiger partial charge in [0.25, 0.3) is 0 Å². The van der Waals surface area contributed by atoms with Crippen molar-refractivity contribution in [2.45, 2.75) is 13.5 Å². The lowest BCUT2D eigenvalue weighted by Gasteiger charge is -2.20. The monoisotopic (exact) mass is 287 g/mol. The maximum absolute atomic E-state index is 13.9. The number of rotatable bonds is 4. The van der Waals surface area contributed by atoms with Crippen LogP contribution in [0, 0.1) is 12.7 Å². The van der Waals surface area contributed by atoms with Crippen molar-refractivity contribution in [2.24, 2.45) is 0 Å². The number of methoxy groups -OCH3 is 1. The predicted molar refractivity (Wildman–Crippen MR) is 81.0 cm³/mol. The van der Waals surface area contributed by atoms with E-state index >= 15 is 0 Å². The van der Waals surface area contributed by atoms with E-state index in [1.807, 2.05) is 37.1 Å². The Labute approximate surface area is 124 Å². The quantitative estimate of drug-likeness (QED) is 0.805. The van der Waals surface area contributed by atoms with Gasteiger partial charge >= 0.3 is 5.97 Å². The first kappa shape index (κ1) is 15.0. The van der Waals surface area contributed by atoms with Crippen LogP contribution in [-0.2, 0) is 11.3 Å². The summed E-state index contributed by atoms with van der Waals surface area (Å²) < 4.78 is 18.4. The van der Waals surface area contributed by atoms with Crippen molar-refractivity contribution in [3.05, 3.63) is 65.0 Å². The van der Waals surface area contributed by atoms with Crippen LogP contribution in [0.2, 0.25) is 0 Å². The standard InChI is InChI=1S/C17H18FNO2/c1-12-5-4-6-14(9-12)19(2)11-13-7-8-15(16(18)10-13)17(20)21-3/h4-10H,11H2,1-3H3. The van der Waals surface area contributed by atoms with Gasteiger partial charge in [-0.1, -0.05) is 18.2 Å². The Balaban J connectivity index is 2.16. The first-order valence-electron chi connectivity index (χ1n) is 6.66. The molecule has 0 bridgehead atoms. The lowest BCUT2D eigenvalue weighted by molar-refractivity contribution is 0.0595. The third-order valence-corrected chi connectivity index (χ3v) is 3.30. The Morgan fingerprint density at radius 1 is 1.24 bits per heavy atom. The van der Waals surface area contributed by atoms with E-state index in [1.54, 1.807) is 6.07 Å². The lowest BCUT2D eigenvalue weighted by atomic mass is 10.1. The van der Waals surface area contributed by atoms with Crippen LogP contribution in [-0.4, -0.2) is 20.1 Å². The van der Waals surface area contributed by atoms with Crippen LogP contribution in [0.4, 0.5) is 10.1 Å². The summed E-state index contributed by atoms with van der Waals surface area (Å²) in [6.45, 7) is 2.59. The lowest BCUT2D eigenvalue weighted by Crippen LogP contribution is -2.17. The zero-order chi connectivity index (χ0) is 15.4. The fourth-order valence-electron chi connectivity index (χ4n) is 2.16. The van der Waals surface area contributed by atoms with Crippen molar-refractivity contribution in [2.75, 3.05) is 19.1 Å². The molecule has 0 radical (unpaired) electrons. The normalized spacial score (nSPS) is 10.3. The van der Waals surface area contributed by atoms with Gasteiger partial charge in [-0.15, -0.1) is 0 Å². The van der Waals surface area contributed by atoms with Crippen LogP contribution in [0.5, 0.6) is 0 Å². The number of carbonyl (C=O) groups is 1. The van der Waals surface area contributed by atoms with Gasteiger partial charge in [-0.2, -0.15) is 0 Å². The van der Waals surface area contributed by atoms with Crippen LogP contribution < -0.4 is 4.90 Å². The fraction of sp³-hybridized carbons (Fsp3) is 0.235. The van der Waals surface area contributed by atoms with Crippen LogP contribution in [0.3, 0.4) is 0 Å². The molecule has 0 spiro atoms. The summed E-state index contributed by atoms with van der Waals surface area (Å²) >= 11 is 0. The molecule has 4 heteroatoms. The molecule has 21 heavy (non-hydrogen) atoms. The minimum atomic E-state index is -0.661. The number of hydrogen-bond donors (Lipinski definition) is 0. The Hall–Kier alpha value is -2.36. The molecule has 0 aliphatic heterocycles. The molecule has 0 N–H and O–H groups in total. The van der Waals surface area contributed by atoms with Crippen molar-refractivity contribution >= 4 is 11.7 Å². The van der Waals surface area contributed by atoms with Crippen LogP contribution in [0.15, 0.2) is 42.5 Å². The first-order valence-corrected chi connectivity index (χ1v) is 6.66. The molecule has 0 saturated heterocycles. The number of nitrogens with zero attached hydrogens (tertiary/aromatic N) is 1. The van der Waals surface area contributed by atoms with Crippen molar-refractivity contribution < 1.29 is 13.9 Å². The molecule has 2 aromatic carbocycles. The molecule has 0 atom stereocenters. The van der Waals surface area contributed by atoms with Crippen LogP contribution >= 0.6 is 0 Å². The number of benzene rings is 2. The molecule has 2 aromatic rings. The van der Waals surface area contributed by atoms with Gasteiger partial charge in [0.1, 0.15) is 5.82 Å². The van der Waals surface area contributed by atoms with Gasteiger partial charge in [0, 0.05) is 19.3 Å². The third kappa shape index (κ3) is 3.60. The number of carbonyl (C=O) groups excluding carboxylic acids is 1. The molecule has 0 aliphatic carbocycles. The predicted octanol–water partition coefficient (Wildman–Crippen LogP) is 3.56. The summed E-state index contributed by atoms with van der Waals surface area (Å²) in [5.41, 5.74) is 2.99. The molecule has 0 unspecified atom stereocenters. The summed E-state index contributed by atoms with van der Waals surface area (Å²) in [6.07, 6.45) is 0. The minimum Gasteiger partial charge on any atom is -0.465 e. The van der Waals surface area contributed by atoms with Gasteiger partial charge in [-0.3, -0.25) is 0 Å². The maximum Gasteiger partial charge on any atom is 0.340 e. The van der Waals surface area contributed by atoms with Gasteiger partial charge in [0.15, 0.2) is 0 Å². The second-order valence-electron chi connectivity index (χ2n) is 5.00. The minimum absolute atomic E-state index is 0.0422. The highest BCUT2D eigenvalue weighted by Gasteiger charge is 2.13.